The summed E-state index contributed by atoms with van der Waals surface area (Å²) < 4.78 is 71.1. The number of hydrogen-bond donors (Lipinski definition) is 1. The maximum Gasteiger partial charge on any atom is 0.419 e. The van der Waals surface area contributed by atoms with E-state index in [-0.39, 0.29) is 10.6 Å². The molecule has 1 fully saturated rings. The van der Waals surface area contributed by atoms with Gasteiger partial charge in [0.25, 0.3) is 5.91 Å². The number of para-hydroxylation sites is 1. The van der Waals surface area contributed by atoms with Crippen LogP contribution in [0.2, 0.25) is 0 Å². The summed E-state index contributed by atoms with van der Waals surface area (Å²) >= 11 is 0. The molecule has 0 radical (unpaired) electrons. The predicted octanol–water partition coefficient (Wildman–Crippen LogP) is 2.66. The Morgan fingerprint density at radius 3 is 2.42 bits per heavy atom. The molecule has 0 spiro atoms. The molecule has 0 bridgehead atoms. The molecule has 0 atom stereocenters. The highest BCUT2D eigenvalue weighted by Crippen LogP contribution is 2.35. The number of anilines is 1. The van der Waals surface area contributed by atoms with E-state index < -0.39 is 40.0 Å². The number of nitrogens with zero attached hydrogens (tertiary/aromatic N) is 2. The summed E-state index contributed by atoms with van der Waals surface area (Å²) in [6.45, 7) is 1.30. The Bertz CT molecular complexity index is 1040. The second-order valence-electron chi connectivity index (χ2n) is 7.07. The maximum atomic E-state index is 13.0. The smallest absolute Gasteiger partial charge is 0.419 e. The van der Waals surface area contributed by atoms with Crippen molar-refractivity contribution < 1.29 is 31.1 Å². The van der Waals surface area contributed by atoms with Gasteiger partial charge in [-0.05, 0) is 37.4 Å². The molecule has 1 heterocycles. The van der Waals surface area contributed by atoms with Gasteiger partial charge in [0.1, 0.15) is 5.75 Å². The zero-order valence-electron chi connectivity index (χ0n) is 16.7. The van der Waals surface area contributed by atoms with Gasteiger partial charge in [0.2, 0.25) is 10.0 Å². The lowest BCUT2D eigenvalue weighted by Gasteiger charge is -2.31. The molecule has 2 aromatic rings. The zero-order valence-corrected chi connectivity index (χ0v) is 17.5. The number of hydrogen-bond acceptors (Lipinski definition) is 5. The molecule has 1 aliphatic heterocycles. The van der Waals surface area contributed by atoms with Gasteiger partial charge in [0.15, 0.2) is 6.61 Å². The monoisotopic (exact) mass is 457 g/mol. The van der Waals surface area contributed by atoms with Crippen LogP contribution in [0.5, 0.6) is 5.75 Å². The molecular weight excluding hydrogens is 435 g/mol. The lowest BCUT2D eigenvalue weighted by molar-refractivity contribution is -0.139. The number of nitrogens with one attached hydrogen (secondary N) is 1. The van der Waals surface area contributed by atoms with Crippen molar-refractivity contribution in [1.82, 2.24) is 9.21 Å². The third kappa shape index (κ3) is 5.75. The minimum absolute atomic E-state index is 0.0261. The van der Waals surface area contributed by atoms with E-state index in [1.165, 1.54) is 40.7 Å². The molecule has 0 saturated carbocycles. The standard InChI is InChI=1S/C20H22F3N3O4S/c1-25-9-11-26(12-10-25)31(28,29)16-6-4-5-15(13-16)24-19(27)14-30-18-8-3-2-7-17(18)20(21,22)23/h2-8,13H,9-12,14H2,1H3,(H,24,27). The van der Waals surface area contributed by atoms with Crippen molar-refractivity contribution in [1.29, 1.82) is 0 Å². The van der Waals surface area contributed by atoms with E-state index in [1.807, 2.05) is 11.9 Å². The number of amides is 1. The highest BCUT2D eigenvalue weighted by atomic mass is 32.2. The maximum absolute atomic E-state index is 13.0. The summed E-state index contributed by atoms with van der Waals surface area (Å²) in [4.78, 5) is 14.2. The van der Waals surface area contributed by atoms with E-state index >= 15 is 0 Å². The Balaban J connectivity index is 1.66. The molecule has 168 valence electrons. The van der Waals surface area contributed by atoms with Crippen LogP contribution in [0, 0.1) is 0 Å². The van der Waals surface area contributed by atoms with E-state index in [2.05, 4.69) is 5.32 Å². The van der Waals surface area contributed by atoms with Crippen molar-refractivity contribution in [3.63, 3.8) is 0 Å². The first kappa shape index (κ1) is 23.0. The van der Waals surface area contributed by atoms with Crippen molar-refractivity contribution in [2.45, 2.75) is 11.1 Å². The number of piperazine rings is 1. The minimum atomic E-state index is -4.61. The van der Waals surface area contributed by atoms with E-state index in [9.17, 15) is 26.4 Å². The Morgan fingerprint density at radius 2 is 1.74 bits per heavy atom. The molecule has 11 heteroatoms. The van der Waals surface area contributed by atoms with Gasteiger partial charge in [0.05, 0.1) is 10.5 Å². The largest absolute Gasteiger partial charge is 0.483 e. The van der Waals surface area contributed by atoms with Gasteiger partial charge >= 0.3 is 6.18 Å². The number of benzene rings is 2. The lowest BCUT2D eigenvalue weighted by atomic mass is 10.2. The van der Waals surface area contributed by atoms with Crippen LogP contribution in [0.4, 0.5) is 18.9 Å². The lowest BCUT2D eigenvalue weighted by Crippen LogP contribution is -2.47. The summed E-state index contributed by atoms with van der Waals surface area (Å²) in [6.07, 6.45) is -4.61. The first-order chi connectivity index (χ1) is 14.6. The van der Waals surface area contributed by atoms with Gasteiger partial charge in [-0.25, -0.2) is 8.42 Å². The molecule has 1 N–H and O–H groups in total. The molecule has 3 rings (SSSR count). The normalized spacial score (nSPS) is 16.1. The van der Waals surface area contributed by atoms with Crippen LogP contribution in [0.1, 0.15) is 5.56 Å². The summed E-state index contributed by atoms with van der Waals surface area (Å²) in [5, 5.41) is 2.46. The van der Waals surface area contributed by atoms with Crippen molar-refractivity contribution in [3.8, 4) is 5.75 Å². The van der Waals surface area contributed by atoms with Crippen LogP contribution in [0.15, 0.2) is 53.4 Å². The molecule has 7 nitrogen and oxygen atoms in total. The number of ether oxygens (including phenoxy) is 1. The van der Waals surface area contributed by atoms with Crippen LogP contribution < -0.4 is 10.1 Å². The van der Waals surface area contributed by atoms with Gasteiger partial charge in [0, 0.05) is 31.9 Å². The number of carbonyl (C=O) groups is 1. The first-order valence-electron chi connectivity index (χ1n) is 9.45. The average Bonchev–Trinajstić information content (AvgIpc) is 2.72. The minimum Gasteiger partial charge on any atom is -0.483 e. The Morgan fingerprint density at radius 1 is 1.06 bits per heavy atom. The van der Waals surface area contributed by atoms with Crippen LogP contribution in [-0.2, 0) is 21.0 Å². The third-order valence-electron chi connectivity index (χ3n) is 4.77. The van der Waals surface area contributed by atoms with Crippen molar-refractivity contribution in [2.75, 3.05) is 45.2 Å². The molecule has 0 unspecified atom stereocenters. The van der Waals surface area contributed by atoms with Crippen LogP contribution >= 0.6 is 0 Å². The van der Waals surface area contributed by atoms with Crippen molar-refractivity contribution >= 4 is 21.6 Å². The summed E-state index contributed by atoms with van der Waals surface area (Å²) in [5.74, 6) is -1.18. The fourth-order valence-corrected chi connectivity index (χ4v) is 4.55. The van der Waals surface area contributed by atoms with E-state index in [1.54, 1.807) is 0 Å². The number of rotatable bonds is 6. The number of carbonyl (C=O) groups excluding carboxylic acids is 1. The molecule has 1 aliphatic rings. The Labute approximate surface area is 178 Å². The first-order valence-corrected chi connectivity index (χ1v) is 10.9. The summed E-state index contributed by atoms with van der Waals surface area (Å²) in [5.41, 5.74) is -0.782. The predicted molar refractivity (Wildman–Crippen MR) is 108 cm³/mol. The highest BCUT2D eigenvalue weighted by Gasteiger charge is 2.34. The topological polar surface area (TPSA) is 79.0 Å². The van der Waals surface area contributed by atoms with Gasteiger partial charge < -0.3 is 15.0 Å². The van der Waals surface area contributed by atoms with Gasteiger partial charge in [-0.2, -0.15) is 17.5 Å². The van der Waals surface area contributed by atoms with E-state index in [0.29, 0.717) is 26.2 Å². The molecule has 0 aromatic heterocycles. The Kier molecular flexibility index (Phi) is 6.87. The van der Waals surface area contributed by atoms with Crippen LogP contribution in [0.25, 0.3) is 0 Å². The molecule has 1 amide bonds. The second kappa shape index (κ2) is 9.25. The van der Waals surface area contributed by atoms with E-state index in [4.69, 9.17) is 4.74 Å². The van der Waals surface area contributed by atoms with Crippen molar-refractivity contribution in [2.24, 2.45) is 0 Å². The van der Waals surface area contributed by atoms with Gasteiger partial charge in [-0.1, -0.05) is 18.2 Å². The Hall–Kier alpha value is -2.63. The fraction of sp³-hybridized carbons (Fsp3) is 0.350. The second-order valence-corrected chi connectivity index (χ2v) is 9.00. The van der Waals surface area contributed by atoms with E-state index in [0.717, 1.165) is 12.1 Å². The van der Waals surface area contributed by atoms with Crippen molar-refractivity contribution in [3.05, 3.63) is 54.1 Å². The van der Waals surface area contributed by atoms with Crippen LogP contribution in [-0.4, -0.2) is 63.4 Å². The number of likely N-dealkylation sites (N-methyl/N-ethyl adjacent to an activating group) is 1. The SMILES string of the molecule is CN1CCN(S(=O)(=O)c2cccc(NC(=O)COc3ccccc3C(F)(F)F)c2)CC1. The molecule has 0 aliphatic carbocycles. The average molecular weight is 457 g/mol. The number of halogens is 3. The molecule has 31 heavy (non-hydrogen) atoms. The number of sulfonamides is 1. The highest BCUT2D eigenvalue weighted by molar-refractivity contribution is 7.89. The quantitative estimate of drug-likeness (QED) is 0.722. The zero-order chi connectivity index (χ0) is 22.6. The molecular formula is C20H22F3N3O4S. The van der Waals surface area contributed by atoms with Crippen LogP contribution in [0.3, 0.4) is 0 Å². The third-order valence-corrected chi connectivity index (χ3v) is 6.66. The van der Waals surface area contributed by atoms with Gasteiger partial charge in [-0.15, -0.1) is 0 Å². The summed E-state index contributed by atoms with van der Waals surface area (Å²) in [6, 6.07) is 10.3. The van der Waals surface area contributed by atoms with Gasteiger partial charge in [-0.3, -0.25) is 4.79 Å². The summed E-state index contributed by atoms with van der Waals surface area (Å²) in [7, 11) is -1.81. The number of alkyl halides is 3. The molecule has 1 saturated heterocycles. The molecule has 2 aromatic carbocycles. The fourth-order valence-electron chi connectivity index (χ4n) is 3.08.